The molecular weight excluding hydrogens is 244 g/mol. The van der Waals surface area contributed by atoms with Gasteiger partial charge in [-0.25, -0.2) is 0 Å². The van der Waals surface area contributed by atoms with Gasteiger partial charge in [-0.05, 0) is 19.3 Å². The van der Waals surface area contributed by atoms with E-state index in [9.17, 15) is 0 Å². The standard InChI is InChI=1S/C11H19BrO2/c12-10-3-1-2-4-11(10)14-8-9-5-6-13-7-9/h9-11H,1-8H2. The number of alkyl halides is 1. The van der Waals surface area contributed by atoms with E-state index in [0.29, 0.717) is 16.8 Å². The Morgan fingerprint density at radius 1 is 1.21 bits per heavy atom. The number of rotatable bonds is 3. The maximum atomic E-state index is 5.95. The van der Waals surface area contributed by atoms with Crippen LogP contribution < -0.4 is 0 Å². The summed E-state index contributed by atoms with van der Waals surface area (Å²) in [6.07, 6.45) is 6.80. The molecule has 0 N–H and O–H groups in total. The molecule has 1 aliphatic heterocycles. The summed E-state index contributed by atoms with van der Waals surface area (Å²) < 4.78 is 11.3. The van der Waals surface area contributed by atoms with Crippen molar-refractivity contribution in [3.63, 3.8) is 0 Å². The van der Waals surface area contributed by atoms with Gasteiger partial charge in [-0.3, -0.25) is 0 Å². The molecule has 3 unspecified atom stereocenters. The second kappa shape index (κ2) is 5.47. The van der Waals surface area contributed by atoms with Gasteiger partial charge in [0.2, 0.25) is 0 Å². The Bertz CT molecular complexity index is 169. The number of hydrogen-bond acceptors (Lipinski definition) is 2. The highest BCUT2D eigenvalue weighted by atomic mass is 79.9. The Morgan fingerprint density at radius 2 is 2.07 bits per heavy atom. The smallest absolute Gasteiger partial charge is 0.0700 e. The third-order valence-electron chi connectivity index (χ3n) is 3.19. The van der Waals surface area contributed by atoms with Crippen molar-refractivity contribution < 1.29 is 9.47 Å². The quantitative estimate of drug-likeness (QED) is 0.729. The summed E-state index contributed by atoms with van der Waals surface area (Å²) in [6.45, 7) is 2.73. The van der Waals surface area contributed by atoms with E-state index in [1.807, 2.05) is 0 Å². The van der Waals surface area contributed by atoms with E-state index in [1.165, 1.54) is 32.1 Å². The van der Waals surface area contributed by atoms with Crippen molar-refractivity contribution in [2.24, 2.45) is 5.92 Å². The van der Waals surface area contributed by atoms with Gasteiger partial charge in [-0.15, -0.1) is 0 Å². The van der Waals surface area contributed by atoms with Crippen molar-refractivity contribution in [3.8, 4) is 0 Å². The summed E-state index contributed by atoms with van der Waals surface area (Å²) in [5, 5.41) is 0. The molecule has 0 aromatic rings. The van der Waals surface area contributed by atoms with Gasteiger partial charge in [-0.2, -0.15) is 0 Å². The fraction of sp³-hybridized carbons (Fsp3) is 1.00. The Kier molecular flexibility index (Phi) is 4.26. The van der Waals surface area contributed by atoms with Crippen LogP contribution in [0.5, 0.6) is 0 Å². The Morgan fingerprint density at radius 3 is 2.79 bits per heavy atom. The highest BCUT2D eigenvalue weighted by Crippen LogP contribution is 2.27. The summed E-state index contributed by atoms with van der Waals surface area (Å²) in [5.41, 5.74) is 0. The van der Waals surface area contributed by atoms with Gasteiger partial charge < -0.3 is 9.47 Å². The van der Waals surface area contributed by atoms with Gasteiger partial charge in [0.1, 0.15) is 0 Å². The second-order valence-electron chi connectivity index (χ2n) is 4.40. The minimum Gasteiger partial charge on any atom is -0.381 e. The van der Waals surface area contributed by atoms with Gasteiger partial charge in [0.15, 0.2) is 0 Å². The van der Waals surface area contributed by atoms with Gasteiger partial charge in [0.05, 0.1) is 19.3 Å². The molecule has 0 aromatic carbocycles. The molecule has 1 heterocycles. The average molecular weight is 263 g/mol. The van der Waals surface area contributed by atoms with Crippen molar-refractivity contribution in [1.82, 2.24) is 0 Å². The normalized spacial score (nSPS) is 38.8. The second-order valence-corrected chi connectivity index (χ2v) is 5.58. The zero-order valence-corrected chi connectivity index (χ0v) is 10.2. The molecule has 0 spiro atoms. The van der Waals surface area contributed by atoms with Crippen LogP contribution in [0.4, 0.5) is 0 Å². The van der Waals surface area contributed by atoms with Crippen molar-refractivity contribution in [2.45, 2.75) is 43.0 Å². The topological polar surface area (TPSA) is 18.5 Å². The zero-order chi connectivity index (χ0) is 9.80. The lowest BCUT2D eigenvalue weighted by molar-refractivity contribution is 0.0111. The summed E-state index contributed by atoms with van der Waals surface area (Å²) in [6, 6.07) is 0. The predicted molar refractivity (Wildman–Crippen MR) is 59.8 cm³/mol. The van der Waals surface area contributed by atoms with E-state index in [2.05, 4.69) is 15.9 Å². The van der Waals surface area contributed by atoms with Crippen LogP contribution in [-0.2, 0) is 9.47 Å². The molecule has 14 heavy (non-hydrogen) atoms. The highest BCUT2D eigenvalue weighted by Gasteiger charge is 2.25. The fourth-order valence-corrected chi connectivity index (χ4v) is 2.95. The molecule has 2 nitrogen and oxygen atoms in total. The minimum atomic E-state index is 0.448. The first-order valence-electron chi connectivity index (χ1n) is 5.69. The van der Waals surface area contributed by atoms with Crippen LogP contribution in [-0.4, -0.2) is 30.8 Å². The largest absolute Gasteiger partial charge is 0.381 e. The third kappa shape index (κ3) is 2.94. The maximum absolute atomic E-state index is 5.95. The molecule has 1 aliphatic carbocycles. The van der Waals surface area contributed by atoms with Crippen molar-refractivity contribution >= 4 is 15.9 Å². The van der Waals surface area contributed by atoms with Crippen LogP contribution in [0.1, 0.15) is 32.1 Å². The molecule has 2 rings (SSSR count). The van der Waals surface area contributed by atoms with E-state index in [-0.39, 0.29) is 0 Å². The van der Waals surface area contributed by atoms with E-state index < -0.39 is 0 Å². The van der Waals surface area contributed by atoms with E-state index in [1.54, 1.807) is 0 Å². The molecule has 82 valence electrons. The van der Waals surface area contributed by atoms with Crippen LogP contribution >= 0.6 is 15.9 Å². The molecule has 0 amide bonds. The third-order valence-corrected chi connectivity index (χ3v) is 4.24. The monoisotopic (exact) mass is 262 g/mol. The number of ether oxygens (including phenoxy) is 2. The number of halogens is 1. The molecule has 2 aliphatic rings. The van der Waals surface area contributed by atoms with Gasteiger partial charge >= 0.3 is 0 Å². The summed E-state index contributed by atoms with van der Waals surface area (Å²) in [7, 11) is 0. The summed E-state index contributed by atoms with van der Waals surface area (Å²) in [5.74, 6) is 0.650. The van der Waals surface area contributed by atoms with Crippen LogP contribution in [0.15, 0.2) is 0 Å². The molecule has 2 fully saturated rings. The van der Waals surface area contributed by atoms with Crippen molar-refractivity contribution in [3.05, 3.63) is 0 Å². The lowest BCUT2D eigenvalue weighted by Crippen LogP contribution is -2.29. The van der Waals surface area contributed by atoms with Crippen molar-refractivity contribution in [1.29, 1.82) is 0 Å². The molecule has 3 atom stereocenters. The first-order valence-corrected chi connectivity index (χ1v) is 6.61. The van der Waals surface area contributed by atoms with Gasteiger partial charge in [0.25, 0.3) is 0 Å². The first-order chi connectivity index (χ1) is 6.86. The summed E-state index contributed by atoms with van der Waals surface area (Å²) >= 11 is 3.71. The van der Waals surface area contributed by atoms with Crippen LogP contribution in [0.3, 0.4) is 0 Å². The SMILES string of the molecule is BrC1CCCCC1OCC1CCOC1. The lowest BCUT2D eigenvalue weighted by atomic mass is 9.97. The molecule has 0 aromatic heterocycles. The van der Waals surface area contributed by atoms with Gasteiger partial charge in [0, 0.05) is 17.4 Å². The summed E-state index contributed by atoms with van der Waals surface area (Å²) in [4.78, 5) is 0.582. The van der Waals surface area contributed by atoms with Crippen LogP contribution in [0.2, 0.25) is 0 Å². The molecule has 0 radical (unpaired) electrons. The Balaban J connectivity index is 1.67. The first kappa shape index (κ1) is 10.9. The van der Waals surface area contributed by atoms with Crippen LogP contribution in [0, 0.1) is 5.92 Å². The Labute approximate surface area is 94.5 Å². The fourth-order valence-electron chi connectivity index (χ4n) is 2.21. The van der Waals surface area contributed by atoms with Crippen LogP contribution in [0.25, 0.3) is 0 Å². The lowest BCUT2D eigenvalue weighted by Gasteiger charge is -2.28. The molecular formula is C11H19BrO2. The highest BCUT2D eigenvalue weighted by molar-refractivity contribution is 9.09. The molecule has 1 saturated carbocycles. The van der Waals surface area contributed by atoms with E-state index in [4.69, 9.17) is 9.47 Å². The predicted octanol–water partition coefficient (Wildman–Crippen LogP) is 2.75. The minimum absolute atomic E-state index is 0.448. The van der Waals surface area contributed by atoms with Gasteiger partial charge in [-0.1, -0.05) is 28.8 Å². The van der Waals surface area contributed by atoms with E-state index >= 15 is 0 Å². The Hall–Kier alpha value is 0.400. The number of hydrogen-bond donors (Lipinski definition) is 0. The molecule has 3 heteroatoms. The molecule has 0 bridgehead atoms. The van der Waals surface area contributed by atoms with E-state index in [0.717, 1.165) is 19.8 Å². The maximum Gasteiger partial charge on any atom is 0.0700 e. The molecule has 1 saturated heterocycles. The van der Waals surface area contributed by atoms with Crippen molar-refractivity contribution in [2.75, 3.05) is 19.8 Å². The average Bonchev–Trinajstić information content (AvgIpc) is 2.69. The zero-order valence-electron chi connectivity index (χ0n) is 8.58.